The first-order valence-corrected chi connectivity index (χ1v) is 9.98. The summed E-state index contributed by atoms with van der Waals surface area (Å²) in [6.45, 7) is 2.60. The molecular formula is C20H18Cl2N6O2. The molecule has 2 aliphatic heterocycles. The number of esters is 1. The summed E-state index contributed by atoms with van der Waals surface area (Å²) in [5, 5.41) is 0.662. The molecule has 0 unspecified atom stereocenters. The van der Waals surface area contributed by atoms with Gasteiger partial charge in [-0.1, -0.05) is 35.3 Å². The number of ether oxygens (including phenoxy) is 1. The molecule has 1 fully saturated rings. The minimum atomic E-state index is -0.528. The second kappa shape index (κ2) is 8.73. The second-order valence-electron chi connectivity index (χ2n) is 6.60. The number of aliphatic imine (C=N–C) groups is 2. The number of piperazine rings is 1. The van der Waals surface area contributed by atoms with Crippen LogP contribution in [-0.4, -0.2) is 58.8 Å². The van der Waals surface area contributed by atoms with E-state index in [4.69, 9.17) is 33.7 Å². The van der Waals surface area contributed by atoms with Crippen molar-refractivity contribution in [3.63, 3.8) is 0 Å². The molecule has 0 amide bonds. The number of carbonyl (C=O) groups excluding carboxylic acids is 1. The Hall–Kier alpha value is -3.10. The molecule has 1 aromatic heterocycles. The minimum absolute atomic E-state index is 0.143. The van der Waals surface area contributed by atoms with Crippen LogP contribution in [0.3, 0.4) is 0 Å². The van der Waals surface area contributed by atoms with Crippen LogP contribution in [0.1, 0.15) is 5.56 Å². The first-order valence-electron chi connectivity index (χ1n) is 9.22. The molecule has 0 atom stereocenters. The molecule has 1 saturated heterocycles. The first kappa shape index (κ1) is 20.2. The summed E-state index contributed by atoms with van der Waals surface area (Å²) < 4.78 is 5.28. The zero-order chi connectivity index (χ0) is 21.1. The maximum atomic E-state index is 12.2. The number of halogens is 2. The maximum absolute atomic E-state index is 12.2. The van der Waals surface area contributed by atoms with Gasteiger partial charge in [0, 0.05) is 38.6 Å². The van der Waals surface area contributed by atoms with Crippen LogP contribution in [0.15, 0.2) is 64.5 Å². The molecule has 154 valence electrons. The van der Waals surface area contributed by atoms with Crippen molar-refractivity contribution in [1.29, 1.82) is 0 Å². The lowest BCUT2D eigenvalue weighted by molar-refractivity contribution is -0.130. The van der Waals surface area contributed by atoms with Gasteiger partial charge in [0.25, 0.3) is 0 Å². The number of nitrogens with two attached hydrogens (primary N) is 1. The molecule has 30 heavy (non-hydrogen) atoms. The van der Waals surface area contributed by atoms with E-state index in [1.54, 1.807) is 36.7 Å². The molecule has 8 nitrogen and oxygen atoms in total. The monoisotopic (exact) mass is 444 g/mol. The van der Waals surface area contributed by atoms with Crippen LogP contribution in [0.4, 0.5) is 5.82 Å². The highest BCUT2D eigenvalue weighted by atomic mass is 35.5. The van der Waals surface area contributed by atoms with Crippen molar-refractivity contribution in [3.05, 3.63) is 70.1 Å². The molecule has 0 radical (unpaired) electrons. The van der Waals surface area contributed by atoms with Gasteiger partial charge in [0.2, 0.25) is 5.90 Å². The van der Waals surface area contributed by atoms with Gasteiger partial charge in [-0.15, -0.1) is 0 Å². The standard InChI is InChI=1S/C20H18Cl2N6O2/c21-14-5-3-4-13(17(14)22)18-25-15(19(29)30-18)12-27-8-10-28(11-9-27)20(23)26-16-6-1-2-7-24-16/h1-7,12H,8-11H2,(H2,23,24,26). The number of nitrogens with zero attached hydrogens (tertiary/aromatic N) is 5. The van der Waals surface area contributed by atoms with Crippen LogP contribution < -0.4 is 5.73 Å². The first-order chi connectivity index (χ1) is 14.5. The molecule has 4 rings (SSSR count). The number of carbonyl (C=O) groups is 1. The van der Waals surface area contributed by atoms with E-state index in [2.05, 4.69) is 15.0 Å². The number of guanidine groups is 1. The molecule has 2 aliphatic rings. The van der Waals surface area contributed by atoms with Gasteiger partial charge in [-0.25, -0.2) is 14.8 Å². The van der Waals surface area contributed by atoms with Gasteiger partial charge in [-0.3, -0.25) is 0 Å². The number of aromatic nitrogens is 1. The Bertz CT molecular complexity index is 1050. The number of cyclic esters (lactones) is 1. The van der Waals surface area contributed by atoms with Gasteiger partial charge in [-0.2, -0.15) is 4.99 Å². The Morgan fingerprint density at radius 2 is 1.93 bits per heavy atom. The van der Waals surface area contributed by atoms with Crippen molar-refractivity contribution >= 4 is 46.8 Å². The molecule has 2 N–H and O–H groups in total. The van der Waals surface area contributed by atoms with E-state index in [0.29, 0.717) is 53.6 Å². The molecule has 0 spiro atoms. The summed E-state index contributed by atoms with van der Waals surface area (Å²) >= 11 is 12.2. The predicted molar refractivity (Wildman–Crippen MR) is 116 cm³/mol. The van der Waals surface area contributed by atoms with Gasteiger partial charge in [0.1, 0.15) is 0 Å². The van der Waals surface area contributed by atoms with Crippen molar-refractivity contribution in [1.82, 2.24) is 14.8 Å². The topological polar surface area (TPSA) is 96.4 Å². The largest absolute Gasteiger partial charge is 0.402 e. The normalized spacial score (nSPS) is 18.6. The molecule has 0 bridgehead atoms. The Morgan fingerprint density at radius 1 is 1.13 bits per heavy atom. The minimum Gasteiger partial charge on any atom is -0.402 e. The van der Waals surface area contributed by atoms with Crippen LogP contribution in [0.5, 0.6) is 0 Å². The zero-order valence-electron chi connectivity index (χ0n) is 15.8. The Morgan fingerprint density at radius 3 is 2.67 bits per heavy atom. The van der Waals surface area contributed by atoms with Crippen molar-refractivity contribution in [3.8, 4) is 0 Å². The summed E-state index contributed by atoms with van der Waals surface area (Å²) in [7, 11) is 0. The van der Waals surface area contributed by atoms with Gasteiger partial charge >= 0.3 is 5.97 Å². The summed E-state index contributed by atoms with van der Waals surface area (Å²) in [5.74, 6) is 0.593. The van der Waals surface area contributed by atoms with E-state index in [1.165, 1.54) is 0 Å². The Balaban J connectivity index is 1.43. The van der Waals surface area contributed by atoms with E-state index in [0.717, 1.165) is 0 Å². The smallest absolute Gasteiger partial charge is 0.365 e. The van der Waals surface area contributed by atoms with Crippen LogP contribution in [0, 0.1) is 0 Å². The number of hydrogen-bond donors (Lipinski definition) is 1. The number of hydrogen-bond acceptors (Lipinski definition) is 6. The van der Waals surface area contributed by atoms with Gasteiger partial charge in [0.05, 0.1) is 15.6 Å². The highest BCUT2D eigenvalue weighted by Crippen LogP contribution is 2.28. The molecule has 10 heteroatoms. The number of benzene rings is 1. The molecule has 2 aromatic rings. The van der Waals surface area contributed by atoms with Crippen LogP contribution in [0.2, 0.25) is 10.0 Å². The number of rotatable bonds is 3. The fraction of sp³-hybridized carbons (Fsp3) is 0.200. The molecule has 3 heterocycles. The zero-order valence-corrected chi connectivity index (χ0v) is 17.3. The maximum Gasteiger partial charge on any atom is 0.365 e. The Kier molecular flexibility index (Phi) is 5.87. The third kappa shape index (κ3) is 4.39. The Labute approximate surface area is 183 Å². The number of pyridine rings is 1. The van der Waals surface area contributed by atoms with Gasteiger partial charge in [-0.05, 0) is 24.3 Å². The van der Waals surface area contributed by atoms with E-state index in [-0.39, 0.29) is 11.6 Å². The van der Waals surface area contributed by atoms with Crippen LogP contribution in [-0.2, 0) is 9.53 Å². The van der Waals surface area contributed by atoms with E-state index in [9.17, 15) is 4.79 Å². The highest BCUT2D eigenvalue weighted by Gasteiger charge is 2.27. The van der Waals surface area contributed by atoms with Gasteiger partial charge in [0.15, 0.2) is 17.5 Å². The van der Waals surface area contributed by atoms with Crippen molar-refractivity contribution in [2.45, 2.75) is 0 Å². The summed E-state index contributed by atoms with van der Waals surface area (Å²) in [6, 6.07) is 10.5. The lowest BCUT2D eigenvalue weighted by Crippen LogP contribution is -2.49. The lowest BCUT2D eigenvalue weighted by Gasteiger charge is -2.34. The molecule has 0 aliphatic carbocycles. The summed E-state index contributed by atoms with van der Waals surface area (Å²) in [6.07, 6.45) is 3.36. The lowest BCUT2D eigenvalue weighted by atomic mass is 10.2. The highest BCUT2D eigenvalue weighted by molar-refractivity contribution is 6.44. The van der Waals surface area contributed by atoms with Crippen molar-refractivity contribution < 1.29 is 9.53 Å². The van der Waals surface area contributed by atoms with Crippen LogP contribution >= 0.6 is 23.2 Å². The fourth-order valence-electron chi connectivity index (χ4n) is 3.04. The third-order valence-electron chi connectivity index (χ3n) is 4.62. The van der Waals surface area contributed by atoms with Crippen molar-refractivity contribution in [2.75, 3.05) is 26.2 Å². The van der Waals surface area contributed by atoms with Crippen molar-refractivity contribution in [2.24, 2.45) is 15.7 Å². The molecule has 1 aromatic carbocycles. The third-order valence-corrected chi connectivity index (χ3v) is 5.44. The molecule has 0 saturated carbocycles. The average Bonchev–Trinajstić information content (AvgIpc) is 3.11. The summed E-state index contributed by atoms with van der Waals surface area (Å²) in [4.78, 5) is 29.0. The van der Waals surface area contributed by atoms with E-state index < -0.39 is 5.97 Å². The van der Waals surface area contributed by atoms with E-state index >= 15 is 0 Å². The summed E-state index contributed by atoms with van der Waals surface area (Å²) in [5.41, 5.74) is 6.79. The van der Waals surface area contributed by atoms with E-state index in [1.807, 2.05) is 21.9 Å². The second-order valence-corrected chi connectivity index (χ2v) is 7.39. The fourth-order valence-corrected chi connectivity index (χ4v) is 3.43. The quantitative estimate of drug-likeness (QED) is 0.338. The average molecular weight is 445 g/mol. The van der Waals surface area contributed by atoms with Crippen LogP contribution in [0.25, 0.3) is 0 Å². The van der Waals surface area contributed by atoms with Gasteiger partial charge < -0.3 is 20.3 Å². The predicted octanol–water partition coefficient (Wildman–Crippen LogP) is 2.80. The SMILES string of the molecule is N/C(=N\c1ccccn1)N1CCN(C=C2N=C(c3cccc(Cl)c3Cl)OC2=O)CC1. The molecular weight excluding hydrogens is 427 g/mol.